The van der Waals surface area contributed by atoms with E-state index in [4.69, 9.17) is 0 Å². The largest absolute Gasteiger partial charge is 0.478 e. The lowest BCUT2D eigenvalue weighted by Gasteiger charge is -2.10. The minimum absolute atomic E-state index is 0.0593. The van der Waals surface area contributed by atoms with E-state index in [1.165, 1.54) is 23.9 Å². The summed E-state index contributed by atoms with van der Waals surface area (Å²) >= 11 is 1.18. The number of carboxylic acids is 1. The monoisotopic (exact) mass is 340 g/mol. The Morgan fingerprint density at radius 3 is 2.33 bits per heavy atom. The van der Waals surface area contributed by atoms with Gasteiger partial charge in [-0.1, -0.05) is 42.1 Å². The molecule has 4 nitrogen and oxygen atoms in total. The van der Waals surface area contributed by atoms with Crippen molar-refractivity contribution in [2.75, 3.05) is 0 Å². The second-order valence-corrected chi connectivity index (χ2v) is 6.10. The van der Waals surface area contributed by atoms with Crippen LogP contribution in [0, 0.1) is 12.7 Å². The molecule has 0 saturated carbocycles. The molecule has 1 heterocycles. The van der Waals surface area contributed by atoms with Crippen LogP contribution in [0.3, 0.4) is 0 Å². The fourth-order valence-electron chi connectivity index (χ4n) is 2.20. The van der Waals surface area contributed by atoms with Crippen LogP contribution < -0.4 is 0 Å². The molecule has 0 amide bonds. The van der Waals surface area contributed by atoms with Crippen LogP contribution in [0.4, 0.5) is 4.39 Å². The van der Waals surface area contributed by atoms with Gasteiger partial charge in [-0.25, -0.2) is 19.2 Å². The number of aryl methyl sites for hydroxylation is 1. The van der Waals surface area contributed by atoms with Crippen LogP contribution in [0.2, 0.25) is 0 Å². The van der Waals surface area contributed by atoms with Crippen molar-refractivity contribution >= 4 is 17.7 Å². The van der Waals surface area contributed by atoms with Crippen molar-refractivity contribution in [1.82, 2.24) is 9.97 Å². The molecule has 6 heteroatoms. The Balaban J connectivity index is 2.09. The number of carbonyl (C=O) groups is 1. The number of halogens is 1. The highest BCUT2D eigenvalue weighted by molar-refractivity contribution is 7.99. The standard InChI is InChI=1S/C18H13FN2O2S/c1-11-15(18(22)23)17(24-14-9-7-13(19)8-10-14)21-16(20-11)12-5-3-2-4-6-12/h2-10H,1H3,(H,22,23). The van der Waals surface area contributed by atoms with Gasteiger partial charge in [0.1, 0.15) is 16.4 Å². The van der Waals surface area contributed by atoms with Crippen molar-refractivity contribution in [3.63, 3.8) is 0 Å². The number of aromatic nitrogens is 2. The van der Waals surface area contributed by atoms with Crippen LogP contribution in [0.15, 0.2) is 64.5 Å². The molecule has 0 unspecified atom stereocenters. The molecule has 2 aromatic carbocycles. The van der Waals surface area contributed by atoms with Crippen LogP contribution in [0.1, 0.15) is 16.1 Å². The molecule has 3 rings (SSSR count). The van der Waals surface area contributed by atoms with Crippen molar-refractivity contribution in [3.05, 3.63) is 71.7 Å². The van der Waals surface area contributed by atoms with Crippen molar-refractivity contribution < 1.29 is 14.3 Å². The summed E-state index contributed by atoms with van der Waals surface area (Å²) in [7, 11) is 0. The zero-order valence-electron chi connectivity index (χ0n) is 12.7. The van der Waals surface area contributed by atoms with Gasteiger partial charge in [-0.15, -0.1) is 0 Å². The van der Waals surface area contributed by atoms with E-state index < -0.39 is 5.97 Å². The molecule has 120 valence electrons. The zero-order chi connectivity index (χ0) is 17.1. The average Bonchev–Trinajstić information content (AvgIpc) is 2.57. The van der Waals surface area contributed by atoms with E-state index in [1.807, 2.05) is 30.3 Å². The van der Waals surface area contributed by atoms with Gasteiger partial charge in [-0.05, 0) is 31.2 Å². The van der Waals surface area contributed by atoms with E-state index in [9.17, 15) is 14.3 Å². The predicted molar refractivity (Wildman–Crippen MR) is 89.7 cm³/mol. The van der Waals surface area contributed by atoms with Gasteiger partial charge < -0.3 is 5.11 Å². The number of hydrogen-bond acceptors (Lipinski definition) is 4. The van der Waals surface area contributed by atoms with Gasteiger partial charge in [0.05, 0.1) is 5.69 Å². The Kier molecular flexibility index (Phi) is 4.57. The Labute approximate surface area is 142 Å². The molecule has 3 aromatic rings. The maximum Gasteiger partial charge on any atom is 0.340 e. The number of aromatic carboxylic acids is 1. The van der Waals surface area contributed by atoms with E-state index in [0.29, 0.717) is 21.4 Å². The Morgan fingerprint density at radius 1 is 1.04 bits per heavy atom. The van der Waals surface area contributed by atoms with Gasteiger partial charge in [0, 0.05) is 10.5 Å². The summed E-state index contributed by atoms with van der Waals surface area (Å²) in [6.07, 6.45) is 0. The highest BCUT2D eigenvalue weighted by atomic mass is 32.2. The number of nitrogens with zero attached hydrogens (tertiary/aromatic N) is 2. The molecule has 0 saturated heterocycles. The lowest BCUT2D eigenvalue weighted by atomic mass is 10.2. The molecule has 0 bridgehead atoms. The van der Waals surface area contributed by atoms with E-state index in [1.54, 1.807) is 19.1 Å². The third kappa shape index (κ3) is 3.44. The molecule has 0 atom stereocenters. The van der Waals surface area contributed by atoms with Gasteiger partial charge >= 0.3 is 5.97 Å². The van der Waals surface area contributed by atoms with E-state index >= 15 is 0 Å². The molecule has 0 aliphatic heterocycles. The Hall–Kier alpha value is -2.73. The van der Waals surface area contributed by atoms with Crippen LogP contribution in [-0.2, 0) is 0 Å². The quantitative estimate of drug-likeness (QED) is 0.711. The number of benzene rings is 2. The summed E-state index contributed by atoms with van der Waals surface area (Å²) in [5.74, 6) is -0.971. The van der Waals surface area contributed by atoms with Crippen molar-refractivity contribution in [2.24, 2.45) is 0 Å². The second kappa shape index (κ2) is 6.80. The maximum atomic E-state index is 13.1. The van der Waals surface area contributed by atoms with Crippen LogP contribution in [0.25, 0.3) is 11.4 Å². The summed E-state index contributed by atoms with van der Waals surface area (Å²) < 4.78 is 13.1. The summed E-state index contributed by atoms with van der Waals surface area (Å²) in [4.78, 5) is 21.0. The molecular weight excluding hydrogens is 327 g/mol. The van der Waals surface area contributed by atoms with Crippen LogP contribution in [0.5, 0.6) is 0 Å². The minimum atomic E-state index is -1.09. The maximum absolute atomic E-state index is 13.1. The fraction of sp³-hybridized carbons (Fsp3) is 0.0556. The topological polar surface area (TPSA) is 63.1 Å². The van der Waals surface area contributed by atoms with Gasteiger partial charge in [-0.2, -0.15) is 0 Å². The SMILES string of the molecule is Cc1nc(-c2ccccc2)nc(Sc2ccc(F)cc2)c1C(=O)O. The normalized spacial score (nSPS) is 10.6. The van der Waals surface area contributed by atoms with Crippen LogP contribution in [-0.4, -0.2) is 21.0 Å². The first-order valence-electron chi connectivity index (χ1n) is 7.15. The highest BCUT2D eigenvalue weighted by Gasteiger charge is 2.19. The van der Waals surface area contributed by atoms with E-state index in [-0.39, 0.29) is 11.4 Å². The first-order chi connectivity index (χ1) is 11.5. The Morgan fingerprint density at radius 2 is 1.71 bits per heavy atom. The van der Waals surface area contributed by atoms with Gasteiger partial charge in [0.25, 0.3) is 0 Å². The van der Waals surface area contributed by atoms with Gasteiger partial charge in [-0.3, -0.25) is 0 Å². The van der Waals surface area contributed by atoms with Gasteiger partial charge in [0.15, 0.2) is 5.82 Å². The van der Waals surface area contributed by atoms with Crippen LogP contribution >= 0.6 is 11.8 Å². The second-order valence-electron chi connectivity index (χ2n) is 5.04. The lowest BCUT2D eigenvalue weighted by Crippen LogP contribution is -2.08. The molecule has 0 aliphatic carbocycles. The molecule has 0 radical (unpaired) electrons. The summed E-state index contributed by atoms with van der Waals surface area (Å²) in [6, 6.07) is 15.2. The molecule has 0 spiro atoms. The first kappa shape index (κ1) is 16.1. The van der Waals surface area contributed by atoms with E-state index in [2.05, 4.69) is 9.97 Å². The molecule has 24 heavy (non-hydrogen) atoms. The number of hydrogen-bond donors (Lipinski definition) is 1. The fourth-order valence-corrected chi connectivity index (χ4v) is 3.16. The van der Waals surface area contributed by atoms with Crippen molar-refractivity contribution in [3.8, 4) is 11.4 Å². The summed E-state index contributed by atoms with van der Waals surface area (Å²) in [5.41, 5.74) is 1.25. The summed E-state index contributed by atoms with van der Waals surface area (Å²) in [5, 5.41) is 9.81. The molecular formula is C18H13FN2O2S. The minimum Gasteiger partial charge on any atom is -0.478 e. The Bertz CT molecular complexity index is 884. The lowest BCUT2D eigenvalue weighted by molar-refractivity contribution is 0.0691. The number of carboxylic acid groups (broad SMARTS) is 1. The average molecular weight is 340 g/mol. The predicted octanol–water partition coefficient (Wildman–Crippen LogP) is 4.44. The highest BCUT2D eigenvalue weighted by Crippen LogP contribution is 2.32. The van der Waals surface area contributed by atoms with Gasteiger partial charge in [0.2, 0.25) is 0 Å². The molecule has 1 aromatic heterocycles. The third-order valence-corrected chi connectivity index (χ3v) is 4.33. The van der Waals surface area contributed by atoms with Crippen molar-refractivity contribution in [2.45, 2.75) is 16.8 Å². The molecule has 0 aliphatic rings. The number of rotatable bonds is 4. The molecule has 0 fully saturated rings. The van der Waals surface area contributed by atoms with Crippen molar-refractivity contribution in [1.29, 1.82) is 0 Å². The van der Waals surface area contributed by atoms with E-state index in [0.717, 1.165) is 5.56 Å². The summed E-state index contributed by atoms with van der Waals surface area (Å²) in [6.45, 7) is 1.65. The zero-order valence-corrected chi connectivity index (χ0v) is 13.5. The first-order valence-corrected chi connectivity index (χ1v) is 7.97. The smallest absolute Gasteiger partial charge is 0.340 e. The molecule has 1 N–H and O–H groups in total. The third-order valence-electron chi connectivity index (χ3n) is 3.33.